The Morgan fingerprint density at radius 3 is 2.39 bits per heavy atom. The molecule has 33 heavy (non-hydrogen) atoms. The van der Waals surface area contributed by atoms with Crippen LogP contribution in [0.15, 0.2) is 71.6 Å². The number of nitrogens with one attached hydrogen (secondary N) is 2. The van der Waals surface area contributed by atoms with E-state index in [0.717, 1.165) is 4.90 Å². The van der Waals surface area contributed by atoms with Gasteiger partial charge >= 0.3 is 0 Å². The Bertz CT molecular complexity index is 1150. The molecule has 0 aromatic heterocycles. The molecule has 3 aromatic carbocycles. The third-order valence-electron chi connectivity index (χ3n) is 4.94. The summed E-state index contributed by atoms with van der Waals surface area (Å²) >= 11 is 1.43. The van der Waals surface area contributed by atoms with Crippen LogP contribution in [0.25, 0.3) is 0 Å². The van der Waals surface area contributed by atoms with Gasteiger partial charge in [-0.15, -0.1) is 11.8 Å². The van der Waals surface area contributed by atoms with Crippen LogP contribution >= 0.6 is 11.8 Å². The molecule has 0 bridgehead atoms. The molecule has 1 aliphatic heterocycles. The van der Waals surface area contributed by atoms with E-state index in [1.807, 2.05) is 31.2 Å². The van der Waals surface area contributed by atoms with E-state index in [9.17, 15) is 9.59 Å². The molecule has 8 heteroatoms. The molecule has 0 radical (unpaired) electrons. The van der Waals surface area contributed by atoms with Crippen LogP contribution in [-0.2, 0) is 4.79 Å². The van der Waals surface area contributed by atoms with Crippen LogP contribution in [0.5, 0.6) is 17.2 Å². The van der Waals surface area contributed by atoms with Crippen LogP contribution in [0.4, 0.5) is 11.4 Å². The van der Waals surface area contributed by atoms with Gasteiger partial charge in [-0.1, -0.05) is 6.07 Å². The number of fused-ring (bicyclic) bond motifs is 1. The van der Waals surface area contributed by atoms with Crippen LogP contribution in [0.3, 0.4) is 0 Å². The molecule has 0 spiro atoms. The molecule has 1 atom stereocenters. The second kappa shape index (κ2) is 10.3. The van der Waals surface area contributed by atoms with E-state index in [1.165, 1.54) is 11.8 Å². The minimum absolute atomic E-state index is 0.118. The number of ether oxygens (including phenoxy) is 3. The maximum absolute atomic E-state index is 12.6. The lowest BCUT2D eigenvalue weighted by Crippen LogP contribution is -2.22. The molecule has 0 saturated carbocycles. The van der Waals surface area contributed by atoms with Gasteiger partial charge < -0.3 is 24.8 Å². The molecule has 0 aliphatic carbocycles. The van der Waals surface area contributed by atoms with Gasteiger partial charge in [0.05, 0.1) is 12.4 Å². The highest BCUT2D eigenvalue weighted by atomic mass is 32.2. The first-order valence-electron chi connectivity index (χ1n) is 10.4. The van der Waals surface area contributed by atoms with Crippen LogP contribution in [0.1, 0.15) is 17.3 Å². The number of amides is 2. The van der Waals surface area contributed by atoms with Crippen molar-refractivity contribution in [3.05, 3.63) is 72.3 Å². The fraction of sp³-hybridized carbons (Fsp3) is 0.200. The lowest BCUT2D eigenvalue weighted by Gasteiger charge is -2.19. The van der Waals surface area contributed by atoms with Crippen LogP contribution in [0.2, 0.25) is 0 Å². The van der Waals surface area contributed by atoms with Gasteiger partial charge in [-0.05, 0) is 61.5 Å². The Kier molecular flexibility index (Phi) is 7.04. The Morgan fingerprint density at radius 2 is 1.64 bits per heavy atom. The van der Waals surface area contributed by atoms with Gasteiger partial charge in [-0.2, -0.15) is 0 Å². The van der Waals surface area contributed by atoms with Gasteiger partial charge in [-0.25, -0.2) is 0 Å². The molecule has 4 rings (SSSR count). The number of carbonyl (C=O) groups is 2. The summed E-state index contributed by atoms with van der Waals surface area (Å²) in [7, 11) is 1.56. The van der Waals surface area contributed by atoms with Crippen molar-refractivity contribution in [3.8, 4) is 17.2 Å². The molecule has 1 unspecified atom stereocenters. The van der Waals surface area contributed by atoms with Crippen molar-refractivity contribution in [1.29, 1.82) is 0 Å². The number of rotatable bonds is 7. The number of hydrogen-bond donors (Lipinski definition) is 2. The second-order valence-electron chi connectivity index (χ2n) is 7.32. The first kappa shape index (κ1) is 22.5. The summed E-state index contributed by atoms with van der Waals surface area (Å²) in [5.74, 6) is 1.60. The molecule has 2 N–H and O–H groups in total. The lowest BCUT2D eigenvalue weighted by molar-refractivity contribution is -0.115. The van der Waals surface area contributed by atoms with Gasteiger partial charge in [0.15, 0.2) is 11.5 Å². The average molecular weight is 465 g/mol. The fourth-order valence-electron chi connectivity index (χ4n) is 3.21. The van der Waals surface area contributed by atoms with E-state index in [0.29, 0.717) is 47.4 Å². The molecule has 7 nitrogen and oxygen atoms in total. The third kappa shape index (κ3) is 5.78. The topological polar surface area (TPSA) is 85.9 Å². The molecular formula is C25H24N2O5S. The summed E-state index contributed by atoms with van der Waals surface area (Å²) in [4.78, 5) is 26.0. The van der Waals surface area contributed by atoms with Crippen molar-refractivity contribution >= 4 is 35.0 Å². The number of thioether (sulfide) groups is 1. The van der Waals surface area contributed by atoms with Crippen molar-refractivity contribution < 1.29 is 23.8 Å². The quantitative estimate of drug-likeness (QED) is 0.487. The molecule has 0 fully saturated rings. The monoisotopic (exact) mass is 464 g/mol. The van der Waals surface area contributed by atoms with E-state index in [-0.39, 0.29) is 17.1 Å². The third-order valence-corrected chi connectivity index (χ3v) is 6.05. The van der Waals surface area contributed by atoms with Gasteiger partial charge in [0.2, 0.25) is 5.91 Å². The highest BCUT2D eigenvalue weighted by molar-refractivity contribution is 8.00. The highest BCUT2D eigenvalue weighted by Gasteiger charge is 2.17. The molecule has 1 aliphatic rings. The smallest absolute Gasteiger partial charge is 0.255 e. The number of carbonyl (C=O) groups excluding carboxylic acids is 2. The fourth-order valence-corrected chi connectivity index (χ4v) is 4.07. The standard InChI is InChI=1S/C25H24N2O5S/c1-16(24(28)27-19-8-11-22-23(15-19)32-13-12-31-22)33-21-9-6-18(7-10-21)26-25(29)17-4-3-5-20(14-17)30-2/h3-11,14-16H,12-13H2,1-2H3,(H,26,29)(H,27,28). The number of benzene rings is 3. The van der Waals surface area contributed by atoms with Gasteiger partial charge in [0.25, 0.3) is 5.91 Å². The largest absolute Gasteiger partial charge is 0.497 e. The second-order valence-corrected chi connectivity index (χ2v) is 8.73. The lowest BCUT2D eigenvalue weighted by atomic mass is 10.2. The summed E-state index contributed by atoms with van der Waals surface area (Å²) in [6.45, 7) is 2.86. The molecule has 1 heterocycles. The van der Waals surface area contributed by atoms with Crippen LogP contribution < -0.4 is 24.8 Å². The normalized spacial score (nSPS) is 13.0. The van der Waals surface area contributed by atoms with Crippen molar-refractivity contribution in [3.63, 3.8) is 0 Å². The van der Waals surface area contributed by atoms with Gasteiger partial charge in [-0.3, -0.25) is 9.59 Å². The zero-order chi connectivity index (χ0) is 23.2. The zero-order valence-electron chi connectivity index (χ0n) is 18.3. The van der Waals surface area contributed by atoms with E-state index in [4.69, 9.17) is 14.2 Å². The van der Waals surface area contributed by atoms with Crippen LogP contribution in [-0.4, -0.2) is 37.4 Å². The minimum atomic E-state index is -0.324. The summed E-state index contributed by atoms with van der Waals surface area (Å²) < 4.78 is 16.2. The van der Waals surface area contributed by atoms with Gasteiger partial charge in [0.1, 0.15) is 19.0 Å². The summed E-state index contributed by atoms with van der Waals surface area (Å²) in [5, 5.41) is 5.46. The van der Waals surface area contributed by atoms with E-state index in [2.05, 4.69) is 10.6 Å². The Morgan fingerprint density at radius 1 is 0.909 bits per heavy atom. The predicted molar refractivity (Wildman–Crippen MR) is 129 cm³/mol. The minimum Gasteiger partial charge on any atom is -0.497 e. The Balaban J connectivity index is 1.32. The predicted octanol–water partition coefficient (Wildman–Crippen LogP) is 4.84. The Hall–Kier alpha value is -3.65. The summed E-state index contributed by atoms with van der Waals surface area (Å²) in [6.07, 6.45) is 0. The first-order chi connectivity index (χ1) is 16.0. The van der Waals surface area contributed by atoms with E-state index >= 15 is 0 Å². The summed E-state index contributed by atoms with van der Waals surface area (Å²) in [6, 6.07) is 19.7. The first-order valence-corrected chi connectivity index (χ1v) is 11.3. The molecule has 2 amide bonds. The molecule has 0 saturated heterocycles. The maximum Gasteiger partial charge on any atom is 0.255 e. The molecular weight excluding hydrogens is 440 g/mol. The Labute approximate surface area is 196 Å². The van der Waals surface area contributed by atoms with E-state index < -0.39 is 0 Å². The highest BCUT2D eigenvalue weighted by Crippen LogP contribution is 2.33. The number of anilines is 2. The number of methoxy groups -OCH3 is 1. The van der Waals surface area contributed by atoms with Crippen molar-refractivity contribution in [1.82, 2.24) is 0 Å². The van der Waals surface area contributed by atoms with E-state index in [1.54, 1.807) is 49.6 Å². The average Bonchev–Trinajstić information content (AvgIpc) is 2.85. The SMILES string of the molecule is COc1cccc(C(=O)Nc2ccc(SC(C)C(=O)Nc3ccc4c(c3)OCCO4)cc2)c1. The van der Waals surface area contributed by atoms with Crippen molar-refractivity contribution in [2.75, 3.05) is 31.0 Å². The number of hydrogen-bond acceptors (Lipinski definition) is 6. The maximum atomic E-state index is 12.6. The molecule has 3 aromatic rings. The van der Waals surface area contributed by atoms with Crippen molar-refractivity contribution in [2.24, 2.45) is 0 Å². The zero-order valence-corrected chi connectivity index (χ0v) is 19.1. The molecule has 170 valence electrons. The summed E-state index contributed by atoms with van der Waals surface area (Å²) in [5.41, 5.74) is 1.84. The van der Waals surface area contributed by atoms with Crippen molar-refractivity contribution in [2.45, 2.75) is 17.1 Å². The van der Waals surface area contributed by atoms with Crippen LogP contribution in [0, 0.1) is 0 Å². The van der Waals surface area contributed by atoms with Gasteiger partial charge in [0, 0.05) is 27.9 Å².